The van der Waals surface area contributed by atoms with E-state index in [1.54, 1.807) is 6.07 Å². The van der Waals surface area contributed by atoms with Gasteiger partial charge in [-0.05, 0) is 38.2 Å². The largest absolute Gasteiger partial charge is 0.354 e. The quantitative estimate of drug-likeness (QED) is 0.691. The summed E-state index contributed by atoms with van der Waals surface area (Å²) >= 11 is 6.06. The highest BCUT2D eigenvalue weighted by Gasteiger charge is 2.17. The van der Waals surface area contributed by atoms with Crippen molar-refractivity contribution >= 4 is 28.9 Å². The molecular weight excluding hydrogens is 379 g/mol. The summed E-state index contributed by atoms with van der Waals surface area (Å²) in [5.74, 6) is 1.18. The molecular formula is C20H22ClFN6. The number of hydrogen-bond donors (Lipinski definition) is 2. The Kier molecular flexibility index (Phi) is 5.19. The first-order chi connectivity index (χ1) is 13.5. The number of aromatic amines is 1. The Hall–Kier alpha value is -2.64. The van der Waals surface area contributed by atoms with Crippen molar-refractivity contribution < 1.29 is 4.39 Å². The molecule has 0 unspecified atom stereocenters. The minimum Gasteiger partial charge on any atom is -0.354 e. The third-order valence-electron chi connectivity index (χ3n) is 4.78. The van der Waals surface area contributed by atoms with Crippen LogP contribution in [0.25, 0.3) is 11.3 Å². The third kappa shape index (κ3) is 4.26. The summed E-state index contributed by atoms with van der Waals surface area (Å²) in [6.07, 6.45) is 0. The van der Waals surface area contributed by atoms with E-state index in [2.05, 4.69) is 32.4 Å². The summed E-state index contributed by atoms with van der Waals surface area (Å²) in [5, 5.41) is 10.8. The van der Waals surface area contributed by atoms with Gasteiger partial charge in [-0.3, -0.25) is 5.10 Å². The maximum absolute atomic E-state index is 13.9. The molecule has 0 bridgehead atoms. The molecule has 2 N–H and O–H groups in total. The summed E-state index contributed by atoms with van der Waals surface area (Å²) in [5.41, 5.74) is 3.11. The van der Waals surface area contributed by atoms with E-state index in [0.717, 1.165) is 49.2 Å². The molecule has 6 nitrogen and oxygen atoms in total. The number of nitrogens with one attached hydrogen (secondary N) is 2. The first kappa shape index (κ1) is 18.7. The van der Waals surface area contributed by atoms with Crippen molar-refractivity contribution in [2.45, 2.75) is 6.92 Å². The van der Waals surface area contributed by atoms with E-state index in [-0.39, 0.29) is 5.82 Å². The number of nitrogens with zero attached hydrogens (tertiary/aromatic N) is 4. The van der Waals surface area contributed by atoms with Gasteiger partial charge in [-0.15, -0.1) is 0 Å². The van der Waals surface area contributed by atoms with Crippen LogP contribution in [0, 0.1) is 12.7 Å². The maximum Gasteiger partial charge on any atom is 0.152 e. The second kappa shape index (κ2) is 7.77. The van der Waals surface area contributed by atoms with Gasteiger partial charge < -0.3 is 15.1 Å². The van der Waals surface area contributed by atoms with E-state index in [1.807, 2.05) is 25.1 Å². The fourth-order valence-electron chi connectivity index (χ4n) is 3.27. The number of aryl methyl sites for hydroxylation is 1. The van der Waals surface area contributed by atoms with Crippen molar-refractivity contribution in [3.05, 3.63) is 52.9 Å². The van der Waals surface area contributed by atoms with Gasteiger partial charge in [0.05, 0.1) is 5.69 Å². The molecule has 0 saturated carbocycles. The number of H-pyrrole nitrogens is 1. The van der Waals surface area contributed by atoms with Gasteiger partial charge in [0.1, 0.15) is 11.6 Å². The van der Waals surface area contributed by atoms with Crippen LogP contribution in [-0.2, 0) is 0 Å². The summed E-state index contributed by atoms with van der Waals surface area (Å²) in [7, 11) is 2.11. The molecule has 1 aliphatic heterocycles. The second-order valence-corrected chi connectivity index (χ2v) is 7.55. The molecule has 0 spiro atoms. The van der Waals surface area contributed by atoms with Crippen molar-refractivity contribution in [1.82, 2.24) is 20.1 Å². The average molecular weight is 401 g/mol. The molecule has 0 atom stereocenters. The van der Waals surface area contributed by atoms with Crippen molar-refractivity contribution in [3.8, 4) is 11.3 Å². The van der Waals surface area contributed by atoms with Crippen molar-refractivity contribution in [1.29, 1.82) is 0 Å². The number of anilines is 3. The molecule has 3 heterocycles. The lowest BCUT2D eigenvalue weighted by Gasteiger charge is -2.33. The second-order valence-electron chi connectivity index (χ2n) is 7.11. The zero-order valence-electron chi connectivity index (χ0n) is 15.8. The first-order valence-electron chi connectivity index (χ1n) is 9.17. The van der Waals surface area contributed by atoms with Gasteiger partial charge in [0, 0.05) is 60.3 Å². The van der Waals surface area contributed by atoms with Crippen LogP contribution in [0.15, 0.2) is 36.4 Å². The SMILES string of the molecule is Cc1cc(Nc2cc(-c3cc(F)cc(Cl)c3)nc(N3CCN(C)CC3)c2)n[nH]1. The molecule has 1 fully saturated rings. The number of likely N-dealkylation sites (N-methyl/N-ethyl adjacent to an activating group) is 1. The molecule has 0 radical (unpaired) electrons. The number of hydrogen-bond acceptors (Lipinski definition) is 5. The molecule has 8 heteroatoms. The van der Waals surface area contributed by atoms with E-state index in [0.29, 0.717) is 16.3 Å². The number of halogens is 2. The van der Waals surface area contributed by atoms with E-state index in [4.69, 9.17) is 16.6 Å². The number of pyridine rings is 1. The van der Waals surface area contributed by atoms with Crippen LogP contribution in [0.1, 0.15) is 5.69 Å². The predicted molar refractivity (Wildman–Crippen MR) is 111 cm³/mol. The maximum atomic E-state index is 13.9. The summed E-state index contributed by atoms with van der Waals surface area (Å²) < 4.78 is 13.9. The Bertz CT molecular complexity index is 960. The van der Waals surface area contributed by atoms with Crippen LogP contribution in [0.4, 0.5) is 21.7 Å². The van der Waals surface area contributed by atoms with Gasteiger partial charge >= 0.3 is 0 Å². The van der Waals surface area contributed by atoms with Gasteiger partial charge in [0.25, 0.3) is 0 Å². The summed E-state index contributed by atoms with van der Waals surface area (Å²) in [6, 6.07) is 10.3. The van der Waals surface area contributed by atoms with Crippen molar-refractivity contribution in [3.63, 3.8) is 0 Å². The predicted octanol–water partition coefficient (Wildman–Crippen LogP) is 4.07. The van der Waals surface area contributed by atoms with Gasteiger partial charge in [-0.1, -0.05) is 11.6 Å². The number of rotatable bonds is 4. The van der Waals surface area contributed by atoms with Crippen LogP contribution in [0.2, 0.25) is 5.02 Å². The molecule has 0 aliphatic carbocycles. The number of piperazine rings is 1. The zero-order chi connectivity index (χ0) is 19.7. The molecule has 1 saturated heterocycles. The Labute approximate surface area is 168 Å². The van der Waals surface area contributed by atoms with Crippen LogP contribution in [0.3, 0.4) is 0 Å². The fraction of sp³-hybridized carbons (Fsp3) is 0.300. The van der Waals surface area contributed by atoms with Crippen molar-refractivity contribution in [2.24, 2.45) is 0 Å². The number of aromatic nitrogens is 3. The minimum absolute atomic E-state index is 0.347. The Morgan fingerprint density at radius 1 is 1.07 bits per heavy atom. The third-order valence-corrected chi connectivity index (χ3v) is 4.99. The smallest absolute Gasteiger partial charge is 0.152 e. The Morgan fingerprint density at radius 3 is 2.54 bits per heavy atom. The Morgan fingerprint density at radius 2 is 1.86 bits per heavy atom. The highest BCUT2D eigenvalue weighted by atomic mass is 35.5. The number of benzene rings is 1. The average Bonchev–Trinajstić information content (AvgIpc) is 3.06. The summed E-state index contributed by atoms with van der Waals surface area (Å²) in [6.45, 7) is 5.66. The highest BCUT2D eigenvalue weighted by Crippen LogP contribution is 2.30. The van der Waals surface area contributed by atoms with Gasteiger partial charge in [0.2, 0.25) is 0 Å². The molecule has 1 aromatic carbocycles. The minimum atomic E-state index is -0.383. The van der Waals surface area contributed by atoms with Gasteiger partial charge in [-0.25, -0.2) is 9.37 Å². The van der Waals surface area contributed by atoms with Gasteiger partial charge in [-0.2, -0.15) is 5.10 Å². The van der Waals surface area contributed by atoms with E-state index >= 15 is 0 Å². The van der Waals surface area contributed by atoms with E-state index in [1.165, 1.54) is 12.1 Å². The van der Waals surface area contributed by atoms with Gasteiger partial charge in [0.15, 0.2) is 5.82 Å². The van der Waals surface area contributed by atoms with Crippen LogP contribution >= 0.6 is 11.6 Å². The lowest BCUT2D eigenvalue weighted by molar-refractivity contribution is 0.312. The monoisotopic (exact) mass is 400 g/mol. The lowest BCUT2D eigenvalue weighted by Crippen LogP contribution is -2.44. The Balaban J connectivity index is 1.73. The zero-order valence-corrected chi connectivity index (χ0v) is 16.6. The molecule has 1 aliphatic rings. The first-order valence-corrected chi connectivity index (χ1v) is 9.55. The summed E-state index contributed by atoms with van der Waals surface area (Å²) in [4.78, 5) is 9.33. The normalized spacial score (nSPS) is 15.1. The molecule has 3 aromatic rings. The van der Waals surface area contributed by atoms with E-state index < -0.39 is 0 Å². The molecule has 0 amide bonds. The fourth-order valence-corrected chi connectivity index (χ4v) is 3.49. The van der Waals surface area contributed by atoms with Crippen LogP contribution in [0.5, 0.6) is 0 Å². The lowest BCUT2D eigenvalue weighted by atomic mass is 10.1. The van der Waals surface area contributed by atoms with E-state index in [9.17, 15) is 4.39 Å². The van der Waals surface area contributed by atoms with Crippen molar-refractivity contribution in [2.75, 3.05) is 43.4 Å². The van der Waals surface area contributed by atoms with Crippen LogP contribution < -0.4 is 10.2 Å². The molecule has 28 heavy (non-hydrogen) atoms. The standard InChI is InChI=1S/C20H22ClFN6/c1-13-7-19(26-25-13)23-17-11-18(14-8-15(21)10-16(22)9-14)24-20(12-17)28-5-3-27(2)4-6-28/h7-12H,3-6H2,1-2H3,(H2,23,24,25,26). The van der Waals surface area contributed by atoms with Crippen LogP contribution in [-0.4, -0.2) is 53.3 Å². The topological polar surface area (TPSA) is 60.1 Å². The molecule has 4 rings (SSSR count). The molecule has 2 aromatic heterocycles. The highest BCUT2D eigenvalue weighted by molar-refractivity contribution is 6.30. The molecule has 146 valence electrons.